The van der Waals surface area contributed by atoms with Crippen molar-refractivity contribution >= 4 is 0 Å². The van der Waals surface area contributed by atoms with Crippen molar-refractivity contribution < 1.29 is 4.74 Å². The first kappa shape index (κ1) is 10.8. The molecule has 0 radical (unpaired) electrons. The minimum atomic E-state index is 0.372. The highest BCUT2D eigenvalue weighted by Crippen LogP contribution is 2.26. The van der Waals surface area contributed by atoms with E-state index in [1.54, 1.807) is 0 Å². The fourth-order valence-electron chi connectivity index (χ4n) is 2.65. The van der Waals surface area contributed by atoms with Crippen LogP contribution in [0, 0.1) is 11.3 Å². The van der Waals surface area contributed by atoms with Gasteiger partial charge in [-0.3, -0.25) is 4.68 Å². The second kappa shape index (κ2) is 4.47. The molecule has 3 rings (SSSR count). The van der Waals surface area contributed by atoms with Gasteiger partial charge in [-0.1, -0.05) is 0 Å². The number of ether oxygens (including phenoxy) is 1. The predicted molar refractivity (Wildman–Crippen MR) is 61.4 cm³/mol. The molecule has 0 atom stereocenters. The maximum atomic E-state index is 9.31. The quantitative estimate of drug-likeness (QED) is 0.776. The third-order valence-corrected chi connectivity index (χ3v) is 3.58. The van der Waals surface area contributed by atoms with Crippen LogP contribution in [0.15, 0.2) is 0 Å². The zero-order valence-corrected chi connectivity index (χ0v) is 9.78. The molecule has 0 unspecified atom stereocenters. The van der Waals surface area contributed by atoms with Crippen molar-refractivity contribution in [3.8, 4) is 6.07 Å². The molecule has 0 aliphatic carbocycles. The number of aromatic nitrogens is 2. The first-order valence-electron chi connectivity index (χ1n) is 6.19. The molecule has 1 saturated heterocycles. The second-order valence-corrected chi connectivity index (χ2v) is 4.61. The molecule has 2 aliphatic heterocycles. The van der Waals surface area contributed by atoms with E-state index in [9.17, 15) is 5.26 Å². The van der Waals surface area contributed by atoms with Gasteiger partial charge >= 0.3 is 0 Å². The van der Waals surface area contributed by atoms with Crippen molar-refractivity contribution in [1.29, 1.82) is 5.26 Å². The van der Waals surface area contributed by atoms with Crippen LogP contribution < -0.4 is 5.32 Å². The summed E-state index contributed by atoms with van der Waals surface area (Å²) in [5.74, 6) is 0. The van der Waals surface area contributed by atoms with Gasteiger partial charge in [-0.2, -0.15) is 10.4 Å². The van der Waals surface area contributed by atoms with Crippen molar-refractivity contribution in [2.75, 3.05) is 19.7 Å². The predicted octanol–water partition coefficient (Wildman–Crippen LogP) is 0.752. The molecule has 5 heteroatoms. The van der Waals surface area contributed by atoms with E-state index in [4.69, 9.17) is 4.74 Å². The molecule has 5 nitrogen and oxygen atoms in total. The van der Waals surface area contributed by atoms with Crippen LogP contribution in [-0.4, -0.2) is 29.5 Å². The topological polar surface area (TPSA) is 62.9 Å². The molecule has 0 amide bonds. The Morgan fingerprint density at radius 3 is 3.00 bits per heavy atom. The summed E-state index contributed by atoms with van der Waals surface area (Å²) >= 11 is 0. The minimum absolute atomic E-state index is 0.372. The maximum Gasteiger partial charge on any atom is 0.144 e. The fourth-order valence-corrected chi connectivity index (χ4v) is 2.65. The molecule has 0 spiro atoms. The third kappa shape index (κ3) is 1.84. The summed E-state index contributed by atoms with van der Waals surface area (Å²) in [5.41, 5.74) is 2.79. The van der Waals surface area contributed by atoms with E-state index in [2.05, 4.69) is 16.5 Å². The van der Waals surface area contributed by atoms with E-state index >= 15 is 0 Å². The SMILES string of the molecule is N#Cc1c2c(nn1C1CCNCC1)CCOC2. The number of fused-ring (bicyclic) bond motifs is 1. The molecule has 2 aliphatic rings. The standard InChI is InChI=1S/C12H16N4O/c13-7-12-10-8-17-6-3-11(10)15-16(12)9-1-4-14-5-2-9/h9,14H,1-6,8H2. The van der Waals surface area contributed by atoms with E-state index in [0.29, 0.717) is 18.3 Å². The summed E-state index contributed by atoms with van der Waals surface area (Å²) in [7, 11) is 0. The molecular weight excluding hydrogens is 216 g/mol. The lowest BCUT2D eigenvalue weighted by molar-refractivity contribution is 0.110. The lowest BCUT2D eigenvalue weighted by atomic mass is 10.1. The van der Waals surface area contributed by atoms with Crippen molar-refractivity contribution in [2.45, 2.75) is 31.9 Å². The zero-order valence-electron chi connectivity index (χ0n) is 9.78. The average molecular weight is 232 g/mol. The Hall–Kier alpha value is -1.38. The molecule has 1 aromatic rings. The molecule has 1 fully saturated rings. The van der Waals surface area contributed by atoms with Crippen LogP contribution in [0.25, 0.3) is 0 Å². The van der Waals surface area contributed by atoms with Crippen molar-refractivity contribution in [2.24, 2.45) is 0 Å². The van der Waals surface area contributed by atoms with Crippen molar-refractivity contribution in [1.82, 2.24) is 15.1 Å². The smallest absolute Gasteiger partial charge is 0.144 e. The van der Waals surface area contributed by atoms with Gasteiger partial charge in [0.05, 0.1) is 24.9 Å². The van der Waals surface area contributed by atoms with Crippen LogP contribution in [0.3, 0.4) is 0 Å². The first-order chi connectivity index (χ1) is 8.40. The fraction of sp³-hybridized carbons (Fsp3) is 0.667. The van der Waals surface area contributed by atoms with Crippen LogP contribution in [0.4, 0.5) is 0 Å². The van der Waals surface area contributed by atoms with Gasteiger partial charge in [0.15, 0.2) is 0 Å². The van der Waals surface area contributed by atoms with Crippen LogP contribution in [0.2, 0.25) is 0 Å². The molecule has 0 aromatic carbocycles. The number of rotatable bonds is 1. The number of hydrogen-bond donors (Lipinski definition) is 1. The van der Waals surface area contributed by atoms with Crippen molar-refractivity contribution in [3.63, 3.8) is 0 Å². The highest BCUT2D eigenvalue weighted by atomic mass is 16.5. The number of piperidine rings is 1. The van der Waals surface area contributed by atoms with Gasteiger partial charge in [0.25, 0.3) is 0 Å². The summed E-state index contributed by atoms with van der Waals surface area (Å²) in [6, 6.07) is 2.67. The number of nitrogens with one attached hydrogen (secondary N) is 1. The van der Waals surface area contributed by atoms with Gasteiger partial charge in [-0.15, -0.1) is 0 Å². The van der Waals surface area contributed by atoms with E-state index in [1.807, 2.05) is 4.68 Å². The Bertz CT molecular complexity index is 454. The highest BCUT2D eigenvalue weighted by Gasteiger charge is 2.25. The van der Waals surface area contributed by atoms with E-state index < -0.39 is 0 Å². The molecule has 0 bridgehead atoms. The lowest BCUT2D eigenvalue weighted by Gasteiger charge is -2.23. The molecule has 1 N–H and O–H groups in total. The van der Waals surface area contributed by atoms with Gasteiger partial charge in [-0.05, 0) is 25.9 Å². The molecular formula is C12H16N4O. The summed E-state index contributed by atoms with van der Waals surface area (Å²) in [6.07, 6.45) is 2.94. The van der Waals surface area contributed by atoms with Gasteiger partial charge in [0, 0.05) is 12.0 Å². The first-order valence-corrected chi connectivity index (χ1v) is 6.19. The number of nitriles is 1. The summed E-state index contributed by atoms with van der Waals surface area (Å²) < 4.78 is 7.37. The van der Waals surface area contributed by atoms with Gasteiger partial charge in [0.2, 0.25) is 0 Å². The van der Waals surface area contributed by atoms with Crippen LogP contribution in [0.5, 0.6) is 0 Å². The van der Waals surface area contributed by atoms with Crippen molar-refractivity contribution in [3.05, 3.63) is 17.0 Å². The zero-order chi connectivity index (χ0) is 11.7. The van der Waals surface area contributed by atoms with Crippen LogP contribution in [-0.2, 0) is 17.8 Å². The Morgan fingerprint density at radius 2 is 2.24 bits per heavy atom. The second-order valence-electron chi connectivity index (χ2n) is 4.61. The van der Waals surface area contributed by atoms with E-state index in [1.165, 1.54) is 0 Å². The molecule has 1 aromatic heterocycles. The number of nitrogens with zero attached hydrogens (tertiary/aromatic N) is 3. The van der Waals surface area contributed by atoms with Gasteiger partial charge in [0.1, 0.15) is 11.8 Å². The highest BCUT2D eigenvalue weighted by molar-refractivity contribution is 5.36. The maximum absolute atomic E-state index is 9.31. The number of hydrogen-bond acceptors (Lipinski definition) is 4. The van der Waals surface area contributed by atoms with E-state index in [0.717, 1.165) is 50.2 Å². The molecule has 3 heterocycles. The van der Waals surface area contributed by atoms with E-state index in [-0.39, 0.29) is 0 Å². The van der Waals surface area contributed by atoms with Gasteiger partial charge < -0.3 is 10.1 Å². The lowest BCUT2D eigenvalue weighted by Crippen LogP contribution is -2.30. The molecule has 0 saturated carbocycles. The Labute approximate surface area is 100 Å². The summed E-state index contributed by atoms with van der Waals surface area (Å²) in [6.45, 7) is 3.29. The Balaban J connectivity index is 1.98. The van der Waals surface area contributed by atoms with Gasteiger partial charge in [-0.25, -0.2) is 0 Å². The Kier molecular flexibility index (Phi) is 2.83. The third-order valence-electron chi connectivity index (χ3n) is 3.58. The normalized spacial score (nSPS) is 20.9. The largest absolute Gasteiger partial charge is 0.376 e. The minimum Gasteiger partial charge on any atom is -0.376 e. The summed E-state index contributed by atoms with van der Waals surface area (Å²) in [4.78, 5) is 0. The van der Waals surface area contributed by atoms with Crippen LogP contribution >= 0.6 is 0 Å². The monoisotopic (exact) mass is 232 g/mol. The molecule has 17 heavy (non-hydrogen) atoms. The molecule has 90 valence electrons. The summed E-state index contributed by atoms with van der Waals surface area (Å²) in [5, 5.41) is 17.3. The Morgan fingerprint density at radius 1 is 1.41 bits per heavy atom. The van der Waals surface area contributed by atoms with Crippen LogP contribution in [0.1, 0.15) is 35.8 Å². The average Bonchev–Trinajstić information content (AvgIpc) is 2.78.